The maximum absolute atomic E-state index is 12.3. The van der Waals surface area contributed by atoms with E-state index in [1.165, 1.54) is 11.3 Å². The van der Waals surface area contributed by atoms with Gasteiger partial charge in [0.05, 0.1) is 17.0 Å². The second kappa shape index (κ2) is 8.73. The van der Waals surface area contributed by atoms with Crippen LogP contribution in [0, 0.1) is 11.8 Å². The van der Waals surface area contributed by atoms with E-state index in [1.54, 1.807) is 0 Å². The summed E-state index contributed by atoms with van der Waals surface area (Å²) < 4.78 is 0. The second-order valence-corrected chi connectivity index (χ2v) is 5.18. The van der Waals surface area contributed by atoms with Gasteiger partial charge in [-0.3, -0.25) is 4.79 Å². The molecule has 0 radical (unpaired) electrons. The SMILES string of the molecule is CCCN(CCC)C(=O)c1csc(C#CCCO)c1. The first-order valence-electron chi connectivity index (χ1n) is 6.70. The van der Waals surface area contributed by atoms with Crippen molar-refractivity contribution in [3.8, 4) is 11.8 Å². The molecular weight excluding hydrogens is 258 g/mol. The fourth-order valence-corrected chi connectivity index (χ4v) is 2.51. The van der Waals surface area contributed by atoms with Gasteiger partial charge in [0.2, 0.25) is 0 Å². The normalized spacial score (nSPS) is 9.84. The first-order valence-corrected chi connectivity index (χ1v) is 7.58. The van der Waals surface area contributed by atoms with E-state index in [1.807, 2.05) is 16.3 Å². The Bertz CT molecular complexity index is 450. The number of hydrogen-bond donors (Lipinski definition) is 1. The van der Waals surface area contributed by atoms with E-state index < -0.39 is 0 Å². The van der Waals surface area contributed by atoms with Crippen LogP contribution in [-0.2, 0) is 0 Å². The van der Waals surface area contributed by atoms with E-state index >= 15 is 0 Å². The Balaban J connectivity index is 2.74. The van der Waals surface area contributed by atoms with Crippen LogP contribution in [0.1, 0.15) is 48.3 Å². The van der Waals surface area contributed by atoms with Crippen LogP contribution in [0.4, 0.5) is 0 Å². The number of carbonyl (C=O) groups excluding carboxylic acids is 1. The molecule has 0 saturated heterocycles. The first-order chi connectivity index (χ1) is 9.22. The molecule has 1 N–H and O–H groups in total. The molecule has 1 heterocycles. The van der Waals surface area contributed by atoms with Crippen molar-refractivity contribution in [1.29, 1.82) is 0 Å². The molecule has 0 saturated carbocycles. The zero-order valence-corrected chi connectivity index (χ0v) is 12.4. The molecular formula is C15H21NO2S. The fraction of sp³-hybridized carbons (Fsp3) is 0.533. The van der Waals surface area contributed by atoms with E-state index in [-0.39, 0.29) is 12.5 Å². The predicted octanol–water partition coefficient (Wildman–Crippen LogP) is 2.74. The van der Waals surface area contributed by atoms with Crippen molar-refractivity contribution in [3.05, 3.63) is 21.9 Å². The van der Waals surface area contributed by atoms with Crippen molar-refractivity contribution in [2.45, 2.75) is 33.1 Å². The summed E-state index contributed by atoms with van der Waals surface area (Å²) >= 11 is 1.48. The molecule has 1 amide bonds. The summed E-state index contributed by atoms with van der Waals surface area (Å²) in [7, 11) is 0. The van der Waals surface area contributed by atoms with Gasteiger partial charge in [-0.05, 0) is 18.9 Å². The first kappa shape index (κ1) is 15.7. The summed E-state index contributed by atoms with van der Waals surface area (Å²) in [6.45, 7) is 5.83. The number of rotatable bonds is 6. The van der Waals surface area contributed by atoms with Gasteiger partial charge in [-0.25, -0.2) is 0 Å². The van der Waals surface area contributed by atoms with Gasteiger partial charge in [-0.15, -0.1) is 11.3 Å². The minimum Gasteiger partial charge on any atom is -0.395 e. The molecule has 0 aromatic carbocycles. The van der Waals surface area contributed by atoms with E-state index in [2.05, 4.69) is 25.7 Å². The average molecular weight is 279 g/mol. The zero-order chi connectivity index (χ0) is 14.1. The van der Waals surface area contributed by atoms with Crippen LogP contribution in [-0.4, -0.2) is 35.6 Å². The summed E-state index contributed by atoms with van der Waals surface area (Å²) in [4.78, 5) is 15.1. The zero-order valence-electron chi connectivity index (χ0n) is 11.6. The average Bonchev–Trinajstić information content (AvgIpc) is 2.87. The van der Waals surface area contributed by atoms with Gasteiger partial charge >= 0.3 is 0 Å². The summed E-state index contributed by atoms with van der Waals surface area (Å²) in [5, 5.41) is 10.5. The molecule has 1 aromatic rings. The van der Waals surface area contributed by atoms with Gasteiger partial charge < -0.3 is 10.0 Å². The van der Waals surface area contributed by atoms with Crippen LogP contribution in [0.5, 0.6) is 0 Å². The lowest BCUT2D eigenvalue weighted by molar-refractivity contribution is 0.0756. The minimum absolute atomic E-state index is 0.0743. The van der Waals surface area contributed by atoms with Crippen LogP contribution in [0.25, 0.3) is 0 Å². The molecule has 0 bridgehead atoms. The topological polar surface area (TPSA) is 40.5 Å². The molecule has 0 aliphatic heterocycles. The third-order valence-electron chi connectivity index (χ3n) is 2.57. The van der Waals surface area contributed by atoms with Crippen molar-refractivity contribution in [2.24, 2.45) is 0 Å². The Hall–Kier alpha value is -1.31. The molecule has 0 aliphatic carbocycles. The highest BCUT2D eigenvalue weighted by Gasteiger charge is 2.15. The lowest BCUT2D eigenvalue weighted by Crippen LogP contribution is -2.32. The monoisotopic (exact) mass is 279 g/mol. The number of hydrogen-bond acceptors (Lipinski definition) is 3. The Morgan fingerprint density at radius 1 is 1.37 bits per heavy atom. The fourth-order valence-electron chi connectivity index (χ4n) is 1.76. The maximum atomic E-state index is 12.3. The van der Waals surface area contributed by atoms with Gasteiger partial charge in [0, 0.05) is 24.9 Å². The highest BCUT2D eigenvalue weighted by molar-refractivity contribution is 7.10. The number of aliphatic hydroxyl groups excluding tert-OH is 1. The number of carbonyl (C=O) groups is 1. The van der Waals surface area contributed by atoms with Crippen LogP contribution >= 0.6 is 11.3 Å². The highest BCUT2D eigenvalue weighted by atomic mass is 32.1. The van der Waals surface area contributed by atoms with Gasteiger partial charge in [0.15, 0.2) is 0 Å². The highest BCUT2D eigenvalue weighted by Crippen LogP contribution is 2.16. The Morgan fingerprint density at radius 3 is 2.63 bits per heavy atom. The minimum atomic E-state index is 0.0743. The van der Waals surface area contributed by atoms with Crippen molar-refractivity contribution in [1.82, 2.24) is 4.90 Å². The van der Waals surface area contributed by atoms with Crippen LogP contribution in [0.3, 0.4) is 0 Å². The van der Waals surface area contributed by atoms with Crippen LogP contribution in [0.15, 0.2) is 11.4 Å². The predicted molar refractivity (Wildman–Crippen MR) is 79.4 cm³/mol. The second-order valence-electron chi connectivity index (χ2n) is 4.27. The van der Waals surface area contributed by atoms with E-state index in [9.17, 15) is 4.79 Å². The van der Waals surface area contributed by atoms with Crippen molar-refractivity contribution in [2.75, 3.05) is 19.7 Å². The van der Waals surface area contributed by atoms with Gasteiger partial charge in [-0.2, -0.15) is 0 Å². The number of aliphatic hydroxyl groups is 1. The Labute approximate surface area is 119 Å². The Morgan fingerprint density at radius 2 is 2.05 bits per heavy atom. The van der Waals surface area contributed by atoms with Crippen molar-refractivity contribution < 1.29 is 9.90 Å². The molecule has 1 aromatic heterocycles. The van der Waals surface area contributed by atoms with Crippen molar-refractivity contribution >= 4 is 17.2 Å². The van der Waals surface area contributed by atoms with E-state index in [0.29, 0.717) is 6.42 Å². The van der Waals surface area contributed by atoms with Crippen LogP contribution in [0.2, 0.25) is 0 Å². The maximum Gasteiger partial charge on any atom is 0.254 e. The van der Waals surface area contributed by atoms with Gasteiger partial charge in [-0.1, -0.05) is 25.7 Å². The lowest BCUT2D eigenvalue weighted by Gasteiger charge is -2.20. The van der Waals surface area contributed by atoms with Gasteiger partial charge in [0.25, 0.3) is 5.91 Å². The van der Waals surface area contributed by atoms with E-state index in [4.69, 9.17) is 5.11 Å². The summed E-state index contributed by atoms with van der Waals surface area (Å²) in [5.41, 5.74) is 0.722. The standard InChI is InChI=1S/C15H21NO2S/c1-3-8-16(9-4-2)15(18)13-11-14(19-12-13)7-5-6-10-17/h11-12,17H,3-4,6,8-10H2,1-2H3. The molecule has 104 valence electrons. The third kappa shape index (κ3) is 5.06. The molecule has 0 unspecified atom stereocenters. The molecule has 3 nitrogen and oxygen atoms in total. The lowest BCUT2D eigenvalue weighted by atomic mass is 10.2. The Kier molecular flexibility index (Phi) is 7.24. The molecule has 4 heteroatoms. The van der Waals surface area contributed by atoms with E-state index in [0.717, 1.165) is 36.4 Å². The number of thiophene rings is 1. The third-order valence-corrected chi connectivity index (χ3v) is 3.41. The molecule has 1 rings (SSSR count). The van der Waals surface area contributed by atoms with Crippen molar-refractivity contribution in [3.63, 3.8) is 0 Å². The quantitative estimate of drug-likeness (QED) is 0.813. The van der Waals surface area contributed by atoms with Gasteiger partial charge in [0.1, 0.15) is 0 Å². The summed E-state index contributed by atoms with van der Waals surface area (Å²) in [5.74, 6) is 5.92. The molecule has 0 fully saturated rings. The molecule has 0 atom stereocenters. The van der Waals surface area contributed by atoms with Crippen LogP contribution < -0.4 is 0 Å². The largest absolute Gasteiger partial charge is 0.395 e. The molecule has 19 heavy (non-hydrogen) atoms. The molecule has 0 aliphatic rings. The summed E-state index contributed by atoms with van der Waals surface area (Å²) in [6.07, 6.45) is 2.41. The molecule has 0 spiro atoms. The number of amides is 1. The summed E-state index contributed by atoms with van der Waals surface area (Å²) in [6, 6.07) is 1.84. The smallest absolute Gasteiger partial charge is 0.254 e. The number of nitrogens with zero attached hydrogens (tertiary/aromatic N) is 1.